The lowest BCUT2D eigenvalue weighted by Gasteiger charge is -2.37. The Hall–Kier alpha value is -3.28. The van der Waals surface area contributed by atoms with Crippen LogP contribution in [0, 0.1) is 6.92 Å². The lowest BCUT2D eigenvalue weighted by molar-refractivity contribution is 0.0599. The molecule has 5 rings (SSSR count). The minimum Gasteiger partial charge on any atom is -0.356 e. The van der Waals surface area contributed by atoms with Crippen molar-refractivity contribution < 1.29 is 4.79 Å². The van der Waals surface area contributed by atoms with Crippen LogP contribution in [0.25, 0.3) is 0 Å². The molecule has 6 heteroatoms. The number of carbonyl (C=O) groups is 1. The van der Waals surface area contributed by atoms with E-state index in [0.717, 1.165) is 86.8 Å². The first-order chi connectivity index (χ1) is 16.2. The molecule has 0 saturated carbocycles. The summed E-state index contributed by atoms with van der Waals surface area (Å²) in [6.07, 6.45) is 7.89. The van der Waals surface area contributed by atoms with Gasteiger partial charge < -0.3 is 9.80 Å². The average Bonchev–Trinajstić information content (AvgIpc) is 2.88. The van der Waals surface area contributed by atoms with Gasteiger partial charge >= 0.3 is 0 Å². The summed E-state index contributed by atoms with van der Waals surface area (Å²) in [5, 5.41) is 0. The third-order valence-corrected chi connectivity index (χ3v) is 6.81. The summed E-state index contributed by atoms with van der Waals surface area (Å²) in [7, 11) is 0. The van der Waals surface area contributed by atoms with Crippen molar-refractivity contribution in [3.8, 4) is 0 Å². The number of hydrogen-bond donors (Lipinski definition) is 0. The van der Waals surface area contributed by atoms with Gasteiger partial charge in [-0.1, -0.05) is 24.3 Å². The number of likely N-dealkylation sites (tertiary alicyclic amines) is 1. The molecule has 1 aromatic carbocycles. The maximum Gasteiger partial charge on any atom is 0.254 e. The Labute approximate surface area is 195 Å². The highest BCUT2D eigenvalue weighted by Crippen LogP contribution is 2.34. The van der Waals surface area contributed by atoms with Gasteiger partial charge in [-0.05, 0) is 63.3 Å². The first-order valence-corrected chi connectivity index (χ1v) is 12.1. The highest BCUT2D eigenvalue weighted by molar-refractivity contribution is 5.94. The molecule has 1 amide bonds. The van der Waals surface area contributed by atoms with Crippen LogP contribution >= 0.6 is 0 Å². The van der Waals surface area contributed by atoms with Gasteiger partial charge in [-0.15, -0.1) is 0 Å². The number of rotatable bonds is 5. The normalized spacial score (nSPS) is 18.2. The van der Waals surface area contributed by atoms with Crippen LogP contribution in [-0.2, 0) is 12.8 Å². The molecule has 170 valence electrons. The SMILES string of the molecule is Cc1nc([C@@H]2CCCCN2C(=O)c2ccccc2)nc2c1CCCN2CCc1ccccn1. The van der Waals surface area contributed by atoms with E-state index in [-0.39, 0.29) is 11.9 Å². The van der Waals surface area contributed by atoms with Crippen molar-refractivity contribution in [2.45, 2.75) is 51.5 Å². The molecular formula is C27H31N5O. The van der Waals surface area contributed by atoms with Crippen LogP contribution in [0.3, 0.4) is 0 Å². The fourth-order valence-corrected chi connectivity index (χ4v) is 5.06. The van der Waals surface area contributed by atoms with Gasteiger partial charge in [-0.3, -0.25) is 9.78 Å². The van der Waals surface area contributed by atoms with Crippen molar-refractivity contribution in [2.24, 2.45) is 0 Å². The minimum absolute atomic E-state index is 0.0741. The van der Waals surface area contributed by atoms with Gasteiger partial charge in [0, 0.05) is 54.8 Å². The molecule has 6 nitrogen and oxygen atoms in total. The maximum absolute atomic E-state index is 13.3. The largest absolute Gasteiger partial charge is 0.356 e. The zero-order chi connectivity index (χ0) is 22.6. The Balaban J connectivity index is 1.43. The molecule has 0 radical (unpaired) electrons. The number of nitrogens with zero attached hydrogens (tertiary/aromatic N) is 5. The maximum atomic E-state index is 13.3. The van der Waals surface area contributed by atoms with E-state index in [4.69, 9.17) is 9.97 Å². The zero-order valence-electron chi connectivity index (χ0n) is 19.3. The lowest BCUT2D eigenvalue weighted by atomic mass is 9.98. The van der Waals surface area contributed by atoms with E-state index in [1.807, 2.05) is 53.6 Å². The van der Waals surface area contributed by atoms with Crippen LogP contribution in [0.1, 0.15) is 64.9 Å². The molecular weight excluding hydrogens is 410 g/mol. The molecule has 3 aromatic rings. The second-order valence-electron chi connectivity index (χ2n) is 9.01. The van der Waals surface area contributed by atoms with Gasteiger partial charge in [0.15, 0.2) is 5.82 Å². The number of hydrogen-bond acceptors (Lipinski definition) is 5. The zero-order valence-corrected chi connectivity index (χ0v) is 19.3. The topological polar surface area (TPSA) is 62.2 Å². The molecule has 0 bridgehead atoms. The number of carbonyl (C=O) groups excluding carboxylic acids is 1. The molecule has 0 N–H and O–H groups in total. The average molecular weight is 442 g/mol. The molecule has 2 aliphatic heterocycles. The summed E-state index contributed by atoms with van der Waals surface area (Å²) in [5.41, 5.74) is 4.14. The monoisotopic (exact) mass is 441 g/mol. The van der Waals surface area contributed by atoms with Gasteiger partial charge in [0.1, 0.15) is 5.82 Å². The number of benzene rings is 1. The molecule has 0 unspecified atom stereocenters. The fraction of sp³-hybridized carbons (Fsp3) is 0.407. The van der Waals surface area contributed by atoms with E-state index in [0.29, 0.717) is 0 Å². The molecule has 1 fully saturated rings. The third-order valence-electron chi connectivity index (χ3n) is 6.81. The van der Waals surface area contributed by atoms with E-state index < -0.39 is 0 Å². The van der Waals surface area contributed by atoms with Crippen molar-refractivity contribution in [1.29, 1.82) is 0 Å². The highest BCUT2D eigenvalue weighted by atomic mass is 16.2. The van der Waals surface area contributed by atoms with E-state index in [9.17, 15) is 4.79 Å². The van der Waals surface area contributed by atoms with E-state index in [1.165, 1.54) is 5.56 Å². The first-order valence-electron chi connectivity index (χ1n) is 12.1. The van der Waals surface area contributed by atoms with Crippen LogP contribution in [0.5, 0.6) is 0 Å². The Bertz CT molecular complexity index is 1100. The molecule has 2 aliphatic rings. The van der Waals surface area contributed by atoms with Gasteiger partial charge in [-0.2, -0.15) is 0 Å². The number of aryl methyl sites for hydroxylation is 1. The van der Waals surface area contributed by atoms with E-state index >= 15 is 0 Å². The minimum atomic E-state index is -0.0741. The van der Waals surface area contributed by atoms with Crippen molar-refractivity contribution in [2.75, 3.05) is 24.5 Å². The quantitative estimate of drug-likeness (QED) is 0.582. The molecule has 33 heavy (non-hydrogen) atoms. The number of piperidine rings is 1. The van der Waals surface area contributed by atoms with Crippen molar-refractivity contribution in [3.63, 3.8) is 0 Å². The smallest absolute Gasteiger partial charge is 0.254 e. The van der Waals surface area contributed by atoms with Gasteiger partial charge in [0.2, 0.25) is 0 Å². The standard InChI is InChI=1S/C27H31N5O/c1-20-23-13-9-17-31(19-15-22-12-5-7-16-28-22)26(23)30-25(29-20)24-14-6-8-18-32(24)27(33)21-10-3-2-4-11-21/h2-5,7,10-12,16,24H,6,8-9,13-15,17-19H2,1H3/t24-/m0/s1. The molecule has 1 saturated heterocycles. The predicted molar refractivity (Wildman–Crippen MR) is 129 cm³/mol. The predicted octanol–water partition coefficient (Wildman–Crippen LogP) is 4.54. The Morgan fingerprint density at radius 1 is 1.00 bits per heavy atom. The van der Waals surface area contributed by atoms with Crippen molar-refractivity contribution >= 4 is 11.7 Å². The van der Waals surface area contributed by atoms with Crippen LogP contribution in [0.4, 0.5) is 5.82 Å². The molecule has 0 spiro atoms. The lowest BCUT2D eigenvalue weighted by Crippen LogP contribution is -2.40. The van der Waals surface area contributed by atoms with Crippen molar-refractivity contribution in [3.05, 3.63) is 83.1 Å². The Kier molecular flexibility index (Phi) is 6.33. The molecule has 4 heterocycles. The Morgan fingerprint density at radius 3 is 2.67 bits per heavy atom. The first kappa shape index (κ1) is 21.6. The number of anilines is 1. The van der Waals surface area contributed by atoms with E-state index in [2.05, 4.69) is 22.9 Å². The van der Waals surface area contributed by atoms with Crippen LogP contribution in [0.2, 0.25) is 0 Å². The second-order valence-corrected chi connectivity index (χ2v) is 9.01. The number of amides is 1. The fourth-order valence-electron chi connectivity index (χ4n) is 5.06. The molecule has 0 aliphatic carbocycles. The summed E-state index contributed by atoms with van der Waals surface area (Å²) in [6, 6.07) is 15.6. The third kappa shape index (κ3) is 4.61. The summed E-state index contributed by atoms with van der Waals surface area (Å²) in [6.45, 7) is 4.73. The summed E-state index contributed by atoms with van der Waals surface area (Å²) >= 11 is 0. The van der Waals surface area contributed by atoms with Gasteiger partial charge in [0.25, 0.3) is 5.91 Å². The number of fused-ring (bicyclic) bond motifs is 1. The number of aromatic nitrogens is 3. The van der Waals surface area contributed by atoms with Gasteiger partial charge in [0.05, 0.1) is 6.04 Å². The summed E-state index contributed by atoms with van der Waals surface area (Å²) in [5.74, 6) is 1.92. The molecule has 1 atom stereocenters. The van der Waals surface area contributed by atoms with E-state index in [1.54, 1.807) is 0 Å². The van der Waals surface area contributed by atoms with Gasteiger partial charge in [-0.25, -0.2) is 9.97 Å². The van der Waals surface area contributed by atoms with Crippen molar-refractivity contribution in [1.82, 2.24) is 19.9 Å². The van der Waals surface area contributed by atoms with Crippen LogP contribution in [0.15, 0.2) is 54.7 Å². The van der Waals surface area contributed by atoms with Crippen LogP contribution < -0.4 is 4.90 Å². The number of pyridine rings is 1. The highest BCUT2D eigenvalue weighted by Gasteiger charge is 2.32. The van der Waals surface area contributed by atoms with Crippen LogP contribution in [-0.4, -0.2) is 45.4 Å². The summed E-state index contributed by atoms with van der Waals surface area (Å²) in [4.78, 5) is 32.3. The molecule has 2 aromatic heterocycles. The summed E-state index contributed by atoms with van der Waals surface area (Å²) < 4.78 is 0. The second kappa shape index (κ2) is 9.69. The Morgan fingerprint density at radius 2 is 1.85 bits per heavy atom.